The topological polar surface area (TPSA) is 93.7 Å². The largest absolute Gasteiger partial charge is 0.474 e. The van der Waals surface area contributed by atoms with Crippen molar-refractivity contribution in [2.45, 2.75) is 114 Å². The summed E-state index contributed by atoms with van der Waals surface area (Å²) >= 11 is 0. The zero-order chi connectivity index (χ0) is 27.3. The number of piperidine rings is 1. The van der Waals surface area contributed by atoms with Gasteiger partial charge in [0.1, 0.15) is 18.2 Å². The van der Waals surface area contributed by atoms with Gasteiger partial charge in [0.2, 0.25) is 15.9 Å². The summed E-state index contributed by atoms with van der Waals surface area (Å²) in [5.41, 5.74) is 2.88. The molecular weight excluding hydrogens is 516 g/mol. The van der Waals surface area contributed by atoms with E-state index in [1.54, 1.807) is 0 Å². The molecule has 2 bridgehead atoms. The summed E-state index contributed by atoms with van der Waals surface area (Å²) in [4.78, 5) is 8.95. The van der Waals surface area contributed by atoms with Crippen molar-refractivity contribution >= 4 is 29.8 Å². The van der Waals surface area contributed by atoms with Crippen LogP contribution in [0.2, 0.25) is 18.1 Å². The Morgan fingerprint density at radius 2 is 1.71 bits per heavy atom. The third-order valence-corrected chi connectivity index (χ3v) is 15.8. The Morgan fingerprint density at radius 1 is 1.05 bits per heavy atom. The van der Waals surface area contributed by atoms with E-state index in [0.29, 0.717) is 31.1 Å². The molecule has 208 valence electrons. The van der Waals surface area contributed by atoms with Crippen molar-refractivity contribution in [3.8, 4) is 5.88 Å². The first kappa shape index (κ1) is 27.5. The fourth-order valence-electron chi connectivity index (χ4n) is 5.34. The van der Waals surface area contributed by atoms with Crippen molar-refractivity contribution < 1.29 is 17.6 Å². The summed E-state index contributed by atoms with van der Waals surface area (Å²) < 4.78 is 40.7. The number of fused-ring (bicyclic) bond motifs is 2. The average molecular weight is 559 g/mol. The number of aromatic nitrogens is 2. The lowest BCUT2D eigenvalue weighted by Gasteiger charge is -2.37. The number of nitrogens with one attached hydrogen (secondary N) is 1. The Kier molecular flexibility index (Phi) is 7.39. The predicted octanol–water partition coefficient (Wildman–Crippen LogP) is 5.92. The predicted molar refractivity (Wildman–Crippen MR) is 153 cm³/mol. The molecule has 0 radical (unpaired) electrons. The van der Waals surface area contributed by atoms with Crippen LogP contribution in [0.15, 0.2) is 30.6 Å². The number of para-hydroxylation sites is 1. The van der Waals surface area contributed by atoms with Gasteiger partial charge in [0, 0.05) is 30.6 Å². The zero-order valence-corrected chi connectivity index (χ0v) is 25.3. The van der Waals surface area contributed by atoms with Gasteiger partial charge in [-0.1, -0.05) is 39.0 Å². The number of benzene rings is 1. The second-order valence-corrected chi connectivity index (χ2v) is 19.6. The molecule has 2 aromatic rings. The van der Waals surface area contributed by atoms with Gasteiger partial charge in [-0.15, -0.1) is 0 Å². The molecule has 38 heavy (non-hydrogen) atoms. The molecule has 10 heteroatoms. The van der Waals surface area contributed by atoms with E-state index in [9.17, 15) is 8.42 Å². The summed E-state index contributed by atoms with van der Waals surface area (Å²) in [7, 11) is -5.05. The molecule has 2 atom stereocenters. The molecule has 2 unspecified atom stereocenters. The maximum absolute atomic E-state index is 13.0. The molecule has 0 spiro atoms. The smallest absolute Gasteiger partial charge is 0.221 e. The van der Waals surface area contributed by atoms with Crippen molar-refractivity contribution in [2.24, 2.45) is 0 Å². The Labute approximate surface area is 228 Å². The van der Waals surface area contributed by atoms with Gasteiger partial charge < -0.3 is 14.5 Å². The fraction of sp³-hybridized carbons (Fsp3) is 0.643. The molecule has 2 saturated heterocycles. The van der Waals surface area contributed by atoms with Crippen LogP contribution in [-0.4, -0.2) is 54.4 Å². The first-order chi connectivity index (χ1) is 17.9. The molecule has 3 aliphatic rings. The second-order valence-electron chi connectivity index (χ2n) is 12.7. The first-order valence-electron chi connectivity index (χ1n) is 13.9. The van der Waals surface area contributed by atoms with Gasteiger partial charge in [0.05, 0.1) is 17.4 Å². The molecule has 0 amide bonds. The lowest BCUT2D eigenvalue weighted by Crippen LogP contribution is -2.50. The van der Waals surface area contributed by atoms with Crippen LogP contribution in [0, 0.1) is 6.92 Å². The van der Waals surface area contributed by atoms with E-state index in [-0.39, 0.29) is 28.5 Å². The van der Waals surface area contributed by atoms with E-state index >= 15 is 0 Å². The molecule has 5 rings (SSSR count). The highest BCUT2D eigenvalue weighted by Gasteiger charge is 2.52. The lowest BCUT2D eigenvalue weighted by molar-refractivity contribution is 0.0910. The number of hydrogen-bond donors (Lipinski definition) is 1. The zero-order valence-electron chi connectivity index (χ0n) is 23.5. The fourth-order valence-corrected chi connectivity index (χ4v) is 8.58. The second kappa shape index (κ2) is 10.2. The van der Waals surface area contributed by atoms with Crippen molar-refractivity contribution in [2.75, 3.05) is 5.32 Å². The summed E-state index contributed by atoms with van der Waals surface area (Å²) in [5.74, 6) is 1.26. The summed E-state index contributed by atoms with van der Waals surface area (Å²) in [6, 6.07) is 8.24. The number of sulfonamides is 1. The van der Waals surface area contributed by atoms with E-state index in [1.807, 2.05) is 29.4 Å². The SMILES string of the molecule is Cc1c(Nc2ccccc2CO[Si](C)(C)C(C)(C)C)ncnc1OC1CC2CCC(C1)N2S(=O)(=O)C1CC1. The standard InChI is InChI=1S/C28H42N4O4SSi/c1-19-26(31-25-10-8-7-9-20(25)17-35-38(5,6)28(2,3)4)29-18-30-27(19)36-23-15-21-11-12-22(16-23)32(21)37(33,34)24-13-14-24/h7-10,18,21-24H,11-17H2,1-6H3,(H,29,30,31). The van der Waals surface area contributed by atoms with Gasteiger partial charge >= 0.3 is 0 Å². The van der Waals surface area contributed by atoms with Gasteiger partial charge in [-0.25, -0.2) is 18.4 Å². The van der Waals surface area contributed by atoms with Gasteiger partial charge in [-0.2, -0.15) is 4.31 Å². The normalized spacial score (nSPS) is 24.4. The number of ether oxygens (including phenoxy) is 1. The molecule has 3 heterocycles. The van der Waals surface area contributed by atoms with Crippen molar-refractivity contribution in [1.82, 2.24) is 14.3 Å². The highest BCUT2D eigenvalue weighted by molar-refractivity contribution is 7.90. The summed E-state index contributed by atoms with van der Waals surface area (Å²) in [6.07, 6.45) is 6.34. The van der Waals surface area contributed by atoms with E-state index in [0.717, 1.165) is 42.5 Å². The van der Waals surface area contributed by atoms with Crippen LogP contribution in [0.1, 0.15) is 70.4 Å². The summed E-state index contributed by atoms with van der Waals surface area (Å²) in [6.45, 7) is 13.8. The number of hydrogen-bond acceptors (Lipinski definition) is 7. The number of rotatable bonds is 9. The minimum absolute atomic E-state index is 0.0388. The van der Waals surface area contributed by atoms with Crippen LogP contribution in [0.5, 0.6) is 5.88 Å². The minimum Gasteiger partial charge on any atom is -0.474 e. The first-order valence-corrected chi connectivity index (χ1v) is 18.3. The van der Waals surface area contributed by atoms with Crippen molar-refractivity contribution in [3.63, 3.8) is 0 Å². The monoisotopic (exact) mass is 558 g/mol. The van der Waals surface area contributed by atoms with Crippen molar-refractivity contribution in [1.29, 1.82) is 0 Å². The third kappa shape index (κ3) is 5.50. The maximum atomic E-state index is 13.0. The van der Waals surface area contributed by atoms with Crippen LogP contribution < -0.4 is 10.1 Å². The quantitative estimate of drug-likeness (QED) is 0.382. The van der Waals surface area contributed by atoms with Crippen LogP contribution in [-0.2, 0) is 21.1 Å². The molecular formula is C28H42N4O4SSi. The highest BCUT2D eigenvalue weighted by atomic mass is 32.2. The van der Waals surface area contributed by atoms with Crippen LogP contribution in [0.3, 0.4) is 0 Å². The lowest BCUT2D eigenvalue weighted by atomic mass is 10.0. The van der Waals surface area contributed by atoms with Crippen LogP contribution in [0.4, 0.5) is 11.5 Å². The molecule has 1 aromatic heterocycles. The highest BCUT2D eigenvalue weighted by Crippen LogP contribution is 2.44. The Morgan fingerprint density at radius 3 is 2.34 bits per heavy atom. The van der Waals surface area contributed by atoms with Crippen LogP contribution >= 0.6 is 0 Å². The van der Waals surface area contributed by atoms with E-state index < -0.39 is 18.3 Å². The van der Waals surface area contributed by atoms with Crippen LogP contribution in [0.25, 0.3) is 0 Å². The molecule has 1 aromatic carbocycles. The van der Waals surface area contributed by atoms with Crippen molar-refractivity contribution in [3.05, 3.63) is 41.7 Å². The van der Waals surface area contributed by atoms with Gasteiger partial charge in [0.25, 0.3) is 0 Å². The van der Waals surface area contributed by atoms with E-state index in [4.69, 9.17) is 9.16 Å². The molecule has 8 nitrogen and oxygen atoms in total. The number of nitrogens with zero attached hydrogens (tertiary/aromatic N) is 3. The Balaban J connectivity index is 1.27. The summed E-state index contributed by atoms with van der Waals surface area (Å²) in [5, 5.41) is 3.47. The van der Waals surface area contributed by atoms with Gasteiger partial charge in [-0.05, 0) is 62.4 Å². The molecule has 1 N–H and O–H groups in total. The minimum atomic E-state index is -3.16. The third-order valence-electron chi connectivity index (χ3n) is 8.84. The van der Waals surface area contributed by atoms with E-state index in [1.165, 1.54) is 6.33 Å². The van der Waals surface area contributed by atoms with Gasteiger partial charge in [-0.3, -0.25) is 0 Å². The van der Waals surface area contributed by atoms with Gasteiger partial charge in [0.15, 0.2) is 8.32 Å². The van der Waals surface area contributed by atoms with E-state index in [2.05, 4.69) is 55.2 Å². The molecule has 2 aliphatic heterocycles. The Hall–Kier alpha value is -2.01. The Bertz CT molecular complexity index is 1260. The molecule has 1 aliphatic carbocycles. The maximum Gasteiger partial charge on any atom is 0.221 e. The molecule has 1 saturated carbocycles. The average Bonchev–Trinajstić information content (AvgIpc) is 3.66. The number of anilines is 2. The molecule has 3 fully saturated rings.